The molecule has 0 amide bonds. The summed E-state index contributed by atoms with van der Waals surface area (Å²) in [5.41, 5.74) is 6.56. The minimum Gasteiger partial charge on any atom is -0.398 e. The molecule has 15 heavy (non-hydrogen) atoms. The molecule has 0 unspecified atom stereocenters. The molecule has 1 rings (SSSR count). The molecule has 0 fully saturated rings. The lowest BCUT2D eigenvalue weighted by Gasteiger charge is -2.06. The molecule has 0 radical (unpaired) electrons. The van der Waals surface area contributed by atoms with Gasteiger partial charge < -0.3 is 10.5 Å². The number of rotatable bonds is 6. The molecule has 4 heteroatoms. The monoisotopic (exact) mass is 245 g/mol. The van der Waals surface area contributed by atoms with Gasteiger partial charge in [0.05, 0.1) is 6.61 Å². The molecular formula is C11H16ClNOS. The minimum absolute atomic E-state index is 0.680. The maximum absolute atomic E-state index is 5.82. The Kier molecular flexibility index (Phi) is 5.91. The summed E-state index contributed by atoms with van der Waals surface area (Å²) < 4.78 is 5.38. The van der Waals surface area contributed by atoms with Crippen LogP contribution in [0.4, 0.5) is 5.69 Å². The Morgan fingerprint density at radius 2 is 2.20 bits per heavy atom. The van der Waals surface area contributed by atoms with Gasteiger partial charge in [-0.2, -0.15) is 0 Å². The summed E-state index contributed by atoms with van der Waals surface area (Å²) in [6.07, 6.45) is 1.06. The van der Waals surface area contributed by atoms with Crippen LogP contribution in [0.3, 0.4) is 0 Å². The number of thioether (sulfide) groups is 1. The third kappa shape index (κ3) is 4.78. The third-order valence-corrected chi connectivity index (χ3v) is 3.09. The summed E-state index contributed by atoms with van der Waals surface area (Å²) >= 11 is 7.50. The van der Waals surface area contributed by atoms with Gasteiger partial charge in [-0.05, 0) is 24.6 Å². The average molecular weight is 246 g/mol. The average Bonchev–Trinajstić information content (AvgIpc) is 2.20. The van der Waals surface area contributed by atoms with E-state index in [2.05, 4.69) is 6.92 Å². The fourth-order valence-corrected chi connectivity index (χ4v) is 2.10. The molecule has 0 saturated carbocycles. The number of nitrogens with two attached hydrogens (primary N) is 1. The Hall–Kier alpha value is -0.380. The van der Waals surface area contributed by atoms with Crippen LogP contribution in [-0.2, 0) is 4.74 Å². The lowest BCUT2D eigenvalue weighted by Crippen LogP contribution is -1.98. The first-order valence-electron chi connectivity index (χ1n) is 4.99. The van der Waals surface area contributed by atoms with Crippen LogP contribution in [0.5, 0.6) is 0 Å². The molecule has 0 aliphatic rings. The van der Waals surface area contributed by atoms with E-state index in [1.54, 1.807) is 17.8 Å². The van der Waals surface area contributed by atoms with Gasteiger partial charge in [0, 0.05) is 28.0 Å². The summed E-state index contributed by atoms with van der Waals surface area (Å²) in [5, 5.41) is 0.680. The van der Waals surface area contributed by atoms with Crippen LogP contribution in [0.2, 0.25) is 5.02 Å². The van der Waals surface area contributed by atoms with Gasteiger partial charge in [0.25, 0.3) is 0 Å². The van der Waals surface area contributed by atoms with Crippen molar-refractivity contribution in [3.63, 3.8) is 0 Å². The highest BCUT2D eigenvalue weighted by atomic mass is 35.5. The van der Waals surface area contributed by atoms with Crippen molar-refractivity contribution in [1.29, 1.82) is 0 Å². The van der Waals surface area contributed by atoms with E-state index in [1.165, 1.54) is 0 Å². The largest absolute Gasteiger partial charge is 0.398 e. The molecule has 1 aromatic carbocycles. The lowest BCUT2D eigenvalue weighted by molar-refractivity contribution is 0.151. The van der Waals surface area contributed by atoms with E-state index in [9.17, 15) is 0 Å². The second-order valence-electron chi connectivity index (χ2n) is 3.14. The molecule has 0 aliphatic heterocycles. The molecule has 0 aliphatic carbocycles. The molecule has 2 N–H and O–H groups in total. The van der Waals surface area contributed by atoms with Crippen LogP contribution in [0.15, 0.2) is 23.1 Å². The maximum Gasteiger partial charge on any atom is 0.0560 e. The van der Waals surface area contributed by atoms with E-state index >= 15 is 0 Å². The van der Waals surface area contributed by atoms with Crippen LogP contribution in [0, 0.1) is 0 Å². The lowest BCUT2D eigenvalue weighted by atomic mass is 10.3. The van der Waals surface area contributed by atoms with Gasteiger partial charge in [0.2, 0.25) is 0 Å². The number of benzene rings is 1. The number of anilines is 1. The number of hydrogen-bond donors (Lipinski definition) is 1. The molecule has 0 heterocycles. The first kappa shape index (κ1) is 12.7. The number of halogens is 1. The van der Waals surface area contributed by atoms with Crippen molar-refractivity contribution in [1.82, 2.24) is 0 Å². The Balaban J connectivity index is 2.31. The van der Waals surface area contributed by atoms with Crippen LogP contribution < -0.4 is 5.73 Å². The molecule has 0 saturated heterocycles. The SMILES string of the molecule is CCCOCCSc1ccc(Cl)cc1N. The Bertz CT molecular complexity index is 307. The van der Waals surface area contributed by atoms with Crippen LogP contribution in [0.25, 0.3) is 0 Å². The molecule has 1 aromatic rings. The summed E-state index contributed by atoms with van der Waals surface area (Å²) in [5.74, 6) is 0.922. The highest BCUT2D eigenvalue weighted by Crippen LogP contribution is 2.27. The van der Waals surface area contributed by atoms with Gasteiger partial charge >= 0.3 is 0 Å². The van der Waals surface area contributed by atoms with Gasteiger partial charge in [0.15, 0.2) is 0 Å². The first-order valence-corrected chi connectivity index (χ1v) is 6.36. The normalized spacial score (nSPS) is 10.5. The third-order valence-electron chi connectivity index (χ3n) is 1.81. The Morgan fingerprint density at radius 3 is 2.87 bits per heavy atom. The predicted octanol–water partition coefficient (Wildman–Crippen LogP) is 3.44. The zero-order chi connectivity index (χ0) is 11.1. The fourth-order valence-electron chi connectivity index (χ4n) is 1.11. The molecular weight excluding hydrogens is 230 g/mol. The topological polar surface area (TPSA) is 35.2 Å². The summed E-state index contributed by atoms with van der Waals surface area (Å²) in [7, 11) is 0. The van der Waals surface area contributed by atoms with E-state index in [4.69, 9.17) is 22.1 Å². The molecule has 0 aromatic heterocycles. The van der Waals surface area contributed by atoms with Crippen molar-refractivity contribution in [2.45, 2.75) is 18.2 Å². The minimum atomic E-state index is 0.680. The van der Waals surface area contributed by atoms with Crippen LogP contribution >= 0.6 is 23.4 Å². The summed E-state index contributed by atoms with van der Waals surface area (Å²) in [6, 6.07) is 5.58. The fraction of sp³-hybridized carbons (Fsp3) is 0.455. The van der Waals surface area contributed by atoms with Crippen molar-refractivity contribution in [2.24, 2.45) is 0 Å². The Morgan fingerprint density at radius 1 is 1.40 bits per heavy atom. The predicted molar refractivity (Wildman–Crippen MR) is 67.7 cm³/mol. The zero-order valence-electron chi connectivity index (χ0n) is 8.83. The second kappa shape index (κ2) is 6.99. The Labute approximate surface area is 100 Å². The van der Waals surface area contributed by atoms with Crippen LogP contribution in [0.1, 0.15) is 13.3 Å². The molecule has 84 valence electrons. The number of ether oxygens (including phenoxy) is 1. The van der Waals surface area contributed by atoms with Crippen molar-refractivity contribution in [2.75, 3.05) is 24.7 Å². The summed E-state index contributed by atoms with van der Waals surface area (Å²) in [6.45, 7) is 3.70. The summed E-state index contributed by atoms with van der Waals surface area (Å²) in [4.78, 5) is 1.07. The first-order chi connectivity index (χ1) is 7.24. The highest BCUT2D eigenvalue weighted by molar-refractivity contribution is 7.99. The molecule has 0 spiro atoms. The maximum atomic E-state index is 5.82. The van der Waals surface area contributed by atoms with E-state index < -0.39 is 0 Å². The van der Waals surface area contributed by atoms with Crippen molar-refractivity contribution in [3.8, 4) is 0 Å². The standard InChI is InChI=1S/C11H16ClNOS/c1-2-5-14-6-7-15-11-4-3-9(12)8-10(11)13/h3-4,8H,2,5-7,13H2,1H3. The quantitative estimate of drug-likeness (QED) is 0.474. The van der Waals surface area contributed by atoms with E-state index in [0.717, 1.165) is 36.0 Å². The van der Waals surface area contributed by atoms with E-state index in [0.29, 0.717) is 5.02 Å². The second-order valence-corrected chi connectivity index (χ2v) is 4.72. The van der Waals surface area contributed by atoms with Crippen molar-refractivity contribution >= 4 is 29.1 Å². The zero-order valence-corrected chi connectivity index (χ0v) is 10.4. The van der Waals surface area contributed by atoms with Gasteiger partial charge in [-0.1, -0.05) is 18.5 Å². The van der Waals surface area contributed by atoms with Crippen molar-refractivity contribution < 1.29 is 4.74 Å². The van der Waals surface area contributed by atoms with Gasteiger partial charge in [0.1, 0.15) is 0 Å². The molecule has 0 bridgehead atoms. The van der Waals surface area contributed by atoms with Crippen LogP contribution in [-0.4, -0.2) is 19.0 Å². The van der Waals surface area contributed by atoms with Gasteiger partial charge in [-0.25, -0.2) is 0 Å². The number of nitrogen functional groups attached to an aromatic ring is 1. The van der Waals surface area contributed by atoms with E-state index in [-0.39, 0.29) is 0 Å². The van der Waals surface area contributed by atoms with E-state index in [1.807, 2.05) is 12.1 Å². The highest BCUT2D eigenvalue weighted by Gasteiger charge is 2.00. The number of hydrogen-bond acceptors (Lipinski definition) is 3. The smallest absolute Gasteiger partial charge is 0.0560 e. The molecule has 0 atom stereocenters. The van der Waals surface area contributed by atoms with Gasteiger partial charge in [-0.3, -0.25) is 0 Å². The molecule has 2 nitrogen and oxygen atoms in total. The van der Waals surface area contributed by atoms with Crippen molar-refractivity contribution in [3.05, 3.63) is 23.2 Å². The van der Waals surface area contributed by atoms with Gasteiger partial charge in [-0.15, -0.1) is 11.8 Å².